The summed E-state index contributed by atoms with van der Waals surface area (Å²) in [5, 5.41) is 5.50. The smallest absolute Gasteiger partial charge is 0.408 e. The largest absolute Gasteiger partial charge is 0.466 e. The lowest BCUT2D eigenvalue weighted by atomic mass is 9.86. The highest BCUT2D eigenvalue weighted by molar-refractivity contribution is 5.93. The molecule has 2 N–H and O–H groups in total. The Labute approximate surface area is 226 Å². The first-order valence-corrected chi connectivity index (χ1v) is 13.2. The molecule has 2 unspecified atom stereocenters. The summed E-state index contributed by atoms with van der Waals surface area (Å²) in [6.07, 6.45) is 7.40. The Morgan fingerprint density at radius 3 is 2.34 bits per heavy atom. The maximum absolute atomic E-state index is 14.2. The third kappa shape index (κ3) is 8.51. The van der Waals surface area contributed by atoms with E-state index in [1.54, 1.807) is 56.9 Å². The van der Waals surface area contributed by atoms with E-state index in [2.05, 4.69) is 16.6 Å². The Morgan fingerprint density at radius 2 is 1.82 bits per heavy atom. The molecule has 0 aromatic heterocycles. The van der Waals surface area contributed by atoms with Crippen LogP contribution >= 0.6 is 0 Å². The number of benzene rings is 1. The van der Waals surface area contributed by atoms with Crippen LogP contribution in [0, 0.1) is 18.3 Å². The van der Waals surface area contributed by atoms with Crippen LogP contribution < -0.4 is 10.6 Å². The van der Waals surface area contributed by atoms with Crippen molar-refractivity contribution in [3.8, 4) is 12.3 Å². The van der Waals surface area contributed by atoms with Crippen molar-refractivity contribution < 1.29 is 28.7 Å². The molecule has 1 aromatic carbocycles. The van der Waals surface area contributed by atoms with Crippen LogP contribution in [0.5, 0.6) is 0 Å². The molecule has 1 aliphatic rings. The number of hydrogen-bond donors (Lipinski definition) is 2. The Kier molecular flexibility index (Phi) is 11.2. The Balaban J connectivity index is 2.46. The number of hydrogen-bond acceptors (Lipinski definition) is 6. The summed E-state index contributed by atoms with van der Waals surface area (Å²) in [5.41, 5.74) is 0.245. The standard InChI is InChI=1S/C29H41N3O6/c1-8-20-13-10-11-16-22(20)25(26(34)30-18-17-23(33)37-9-2)32(21-14-12-15-21)27(35)24(19(3)4)31-28(36)38-29(5,6)7/h1,10-11,13,16,19,21,24-25H,9,12,14-15,17-18H2,2-7H3,(H,30,34)(H,31,36). The lowest BCUT2D eigenvalue weighted by Crippen LogP contribution is -2.59. The summed E-state index contributed by atoms with van der Waals surface area (Å²) in [5.74, 6) is 1.05. The number of nitrogens with zero attached hydrogens (tertiary/aromatic N) is 1. The molecule has 0 saturated heterocycles. The van der Waals surface area contributed by atoms with Gasteiger partial charge in [0.1, 0.15) is 17.7 Å². The number of amides is 3. The maximum atomic E-state index is 14.2. The third-order valence-electron chi connectivity index (χ3n) is 6.20. The predicted molar refractivity (Wildman–Crippen MR) is 144 cm³/mol. The van der Waals surface area contributed by atoms with E-state index in [1.807, 2.05) is 13.8 Å². The van der Waals surface area contributed by atoms with Gasteiger partial charge in [-0.05, 0) is 64.5 Å². The molecule has 1 aliphatic carbocycles. The highest BCUT2D eigenvalue weighted by Gasteiger charge is 2.43. The zero-order valence-corrected chi connectivity index (χ0v) is 23.3. The van der Waals surface area contributed by atoms with Gasteiger partial charge in [-0.1, -0.05) is 38.0 Å². The minimum atomic E-state index is -1.05. The van der Waals surface area contributed by atoms with Crippen molar-refractivity contribution in [2.24, 2.45) is 5.92 Å². The van der Waals surface area contributed by atoms with Gasteiger partial charge in [0, 0.05) is 18.2 Å². The fourth-order valence-corrected chi connectivity index (χ4v) is 4.19. The Bertz CT molecular complexity index is 1040. The Hall–Kier alpha value is -3.54. The fraction of sp³-hybridized carbons (Fsp3) is 0.586. The van der Waals surface area contributed by atoms with Crippen LogP contribution in [0.4, 0.5) is 4.79 Å². The van der Waals surface area contributed by atoms with Crippen LogP contribution in [0.2, 0.25) is 0 Å². The molecule has 38 heavy (non-hydrogen) atoms. The first-order chi connectivity index (χ1) is 17.9. The molecular weight excluding hydrogens is 486 g/mol. The van der Waals surface area contributed by atoms with Gasteiger partial charge in [-0.2, -0.15) is 0 Å². The maximum Gasteiger partial charge on any atom is 0.408 e. The molecule has 0 heterocycles. The van der Waals surface area contributed by atoms with Crippen LogP contribution in [0.1, 0.15) is 84.4 Å². The van der Waals surface area contributed by atoms with Gasteiger partial charge in [-0.25, -0.2) is 4.79 Å². The van der Waals surface area contributed by atoms with Gasteiger partial charge in [0.25, 0.3) is 0 Å². The summed E-state index contributed by atoms with van der Waals surface area (Å²) in [6.45, 7) is 10.9. The van der Waals surface area contributed by atoms with Gasteiger partial charge in [-0.3, -0.25) is 14.4 Å². The van der Waals surface area contributed by atoms with Crippen molar-refractivity contribution in [3.63, 3.8) is 0 Å². The lowest BCUT2D eigenvalue weighted by molar-refractivity contribution is -0.148. The number of esters is 1. The highest BCUT2D eigenvalue weighted by atomic mass is 16.6. The second-order valence-electron chi connectivity index (χ2n) is 10.7. The average molecular weight is 528 g/mol. The molecule has 1 fully saturated rings. The van der Waals surface area contributed by atoms with Gasteiger partial charge >= 0.3 is 12.1 Å². The number of terminal acetylenes is 1. The molecule has 1 saturated carbocycles. The number of ether oxygens (including phenoxy) is 2. The zero-order chi connectivity index (χ0) is 28.5. The van der Waals surface area contributed by atoms with Gasteiger partial charge in [0.15, 0.2) is 0 Å². The van der Waals surface area contributed by atoms with Crippen LogP contribution in [0.3, 0.4) is 0 Å². The summed E-state index contributed by atoms with van der Waals surface area (Å²) in [6, 6.07) is 4.78. The first-order valence-electron chi connectivity index (χ1n) is 13.2. The average Bonchev–Trinajstić information content (AvgIpc) is 2.79. The molecule has 208 valence electrons. The van der Waals surface area contributed by atoms with Crippen molar-refractivity contribution in [2.75, 3.05) is 13.2 Å². The van der Waals surface area contributed by atoms with Crippen LogP contribution in [0.15, 0.2) is 24.3 Å². The van der Waals surface area contributed by atoms with Crippen LogP contribution in [-0.4, -0.2) is 59.6 Å². The second kappa shape index (κ2) is 13.8. The third-order valence-corrected chi connectivity index (χ3v) is 6.20. The molecular formula is C29H41N3O6. The van der Waals surface area contributed by atoms with Crippen molar-refractivity contribution in [2.45, 2.75) is 91.0 Å². The number of rotatable bonds is 11. The van der Waals surface area contributed by atoms with Crippen molar-refractivity contribution >= 4 is 23.9 Å². The SMILES string of the molecule is C#Cc1ccccc1C(C(=O)NCCC(=O)OCC)N(C(=O)C(NC(=O)OC(C)(C)C)C(C)C)C1CCC1. The van der Waals surface area contributed by atoms with E-state index in [0.29, 0.717) is 24.0 Å². The van der Waals surface area contributed by atoms with Gasteiger partial charge in [-0.15, -0.1) is 6.42 Å². The predicted octanol–water partition coefficient (Wildman–Crippen LogP) is 3.71. The number of alkyl carbamates (subject to hydrolysis) is 1. The fourth-order valence-electron chi connectivity index (χ4n) is 4.19. The van der Waals surface area contributed by atoms with E-state index < -0.39 is 41.6 Å². The van der Waals surface area contributed by atoms with E-state index in [9.17, 15) is 19.2 Å². The number of carbonyl (C=O) groups is 4. The van der Waals surface area contributed by atoms with Crippen molar-refractivity contribution in [1.29, 1.82) is 0 Å². The van der Waals surface area contributed by atoms with Crippen molar-refractivity contribution in [3.05, 3.63) is 35.4 Å². The van der Waals surface area contributed by atoms with E-state index >= 15 is 0 Å². The highest BCUT2D eigenvalue weighted by Crippen LogP contribution is 2.35. The molecule has 2 atom stereocenters. The van der Waals surface area contributed by atoms with E-state index in [0.717, 1.165) is 6.42 Å². The quantitative estimate of drug-likeness (QED) is 0.335. The second-order valence-corrected chi connectivity index (χ2v) is 10.7. The van der Waals surface area contributed by atoms with Gasteiger partial charge in [0.05, 0.1) is 13.0 Å². The molecule has 2 rings (SSSR count). The number of nitrogens with one attached hydrogen (secondary N) is 2. The Morgan fingerprint density at radius 1 is 1.16 bits per heavy atom. The lowest BCUT2D eigenvalue weighted by Gasteiger charge is -2.44. The molecule has 0 radical (unpaired) electrons. The molecule has 9 heteroatoms. The van der Waals surface area contributed by atoms with E-state index in [-0.39, 0.29) is 31.5 Å². The van der Waals surface area contributed by atoms with Gasteiger partial charge in [0.2, 0.25) is 11.8 Å². The molecule has 3 amide bonds. The van der Waals surface area contributed by atoms with Crippen LogP contribution in [-0.2, 0) is 23.9 Å². The normalized spacial score (nSPS) is 14.9. The zero-order valence-electron chi connectivity index (χ0n) is 23.3. The number of carbonyl (C=O) groups excluding carboxylic acids is 4. The summed E-state index contributed by atoms with van der Waals surface area (Å²) >= 11 is 0. The summed E-state index contributed by atoms with van der Waals surface area (Å²) in [4.78, 5) is 53.9. The molecule has 1 aromatic rings. The molecule has 9 nitrogen and oxygen atoms in total. The monoisotopic (exact) mass is 527 g/mol. The minimum Gasteiger partial charge on any atom is -0.466 e. The topological polar surface area (TPSA) is 114 Å². The van der Waals surface area contributed by atoms with Crippen molar-refractivity contribution in [1.82, 2.24) is 15.5 Å². The van der Waals surface area contributed by atoms with Gasteiger partial charge < -0.3 is 25.0 Å². The van der Waals surface area contributed by atoms with E-state index in [4.69, 9.17) is 15.9 Å². The van der Waals surface area contributed by atoms with E-state index in [1.165, 1.54) is 0 Å². The molecule has 0 bridgehead atoms. The summed E-state index contributed by atoms with van der Waals surface area (Å²) in [7, 11) is 0. The minimum absolute atomic E-state index is 0.00468. The van der Waals surface area contributed by atoms with Crippen LogP contribution in [0.25, 0.3) is 0 Å². The first kappa shape index (κ1) is 30.7. The molecule has 0 spiro atoms. The molecule has 0 aliphatic heterocycles. The summed E-state index contributed by atoms with van der Waals surface area (Å²) < 4.78 is 10.4.